The van der Waals surface area contributed by atoms with E-state index in [9.17, 15) is 33.4 Å². The van der Waals surface area contributed by atoms with Gasteiger partial charge in [-0.2, -0.15) is 0 Å². The van der Waals surface area contributed by atoms with Crippen LogP contribution in [0.25, 0.3) is 0 Å². The number of aromatic hydroxyl groups is 1. The molecule has 15 heteroatoms. The minimum atomic E-state index is -3.56. The van der Waals surface area contributed by atoms with Gasteiger partial charge in [0.25, 0.3) is 0 Å². The summed E-state index contributed by atoms with van der Waals surface area (Å²) in [5.74, 6) is -3.03. The average molecular weight is 720 g/mol. The first kappa shape index (κ1) is 37.4. The Morgan fingerprint density at radius 2 is 1.86 bits per heavy atom. The Kier molecular flexibility index (Phi) is 13.2. The predicted molar refractivity (Wildman–Crippen MR) is 182 cm³/mol. The Bertz CT molecular complexity index is 1680. The highest BCUT2D eigenvalue weighted by atomic mass is 35.5. The van der Waals surface area contributed by atoms with Crippen LogP contribution < -0.4 is 20.1 Å². The Morgan fingerprint density at radius 1 is 1.08 bits per heavy atom. The zero-order chi connectivity index (χ0) is 35.6. The third-order valence-corrected chi connectivity index (χ3v) is 10.00. The van der Waals surface area contributed by atoms with Crippen LogP contribution in [0.3, 0.4) is 0 Å². The number of esters is 1. The summed E-state index contributed by atoms with van der Waals surface area (Å²) in [6.45, 7) is 0.519. The molecule has 0 spiro atoms. The highest BCUT2D eigenvalue weighted by molar-refractivity contribution is 8.23. The summed E-state index contributed by atoms with van der Waals surface area (Å²) in [6, 6.07) is 14.5. The van der Waals surface area contributed by atoms with Crippen molar-refractivity contribution in [2.75, 3.05) is 20.3 Å². The molecule has 1 fully saturated rings. The number of ether oxygens (including phenoxy) is 2. The molecule has 12 nitrogen and oxygen atoms in total. The van der Waals surface area contributed by atoms with E-state index in [1.807, 2.05) is 6.07 Å². The largest absolute Gasteiger partial charge is 0.507 e. The number of phenolic OH excluding ortho intramolecular Hbond substituents is 1. The van der Waals surface area contributed by atoms with Crippen LogP contribution >= 0.6 is 22.4 Å². The summed E-state index contributed by atoms with van der Waals surface area (Å²) in [5.41, 5.74) is 1.05. The number of halogens is 2. The van der Waals surface area contributed by atoms with Gasteiger partial charge in [0, 0.05) is 30.0 Å². The van der Waals surface area contributed by atoms with Gasteiger partial charge < -0.3 is 25.2 Å². The number of amides is 3. The molecular weight excluding hydrogens is 681 g/mol. The lowest BCUT2D eigenvalue weighted by atomic mass is 10.0. The van der Waals surface area contributed by atoms with E-state index in [4.69, 9.17) is 21.1 Å². The van der Waals surface area contributed by atoms with Gasteiger partial charge in [-0.3, -0.25) is 28.2 Å². The maximum atomic E-state index is 15.2. The van der Waals surface area contributed by atoms with Crippen molar-refractivity contribution in [2.24, 2.45) is 0 Å². The molecule has 0 radical (unpaired) electrons. The van der Waals surface area contributed by atoms with E-state index in [0.717, 1.165) is 11.6 Å². The number of methoxy groups -OCH3 is 1. The van der Waals surface area contributed by atoms with Crippen molar-refractivity contribution in [1.82, 2.24) is 15.4 Å². The van der Waals surface area contributed by atoms with Gasteiger partial charge in [0.05, 0.1) is 20.1 Å². The summed E-state index contributed by atoms with van der Waals surface area (Å²) in [5, 5.41) is 14.9. The molecule has 0 bridgehead atoms. The van der Waals surface area contributed by atoms with Crippen LogP contribution in [0, 0.1) is 5.82 Å². The second kappa shape index (κ2) is 17.3. The third-order valence-electron chi connectivity index (χ3n) is 7.89. The highest BCUT2D eigenvalue weighted by Crippen LogP contribution is 2.56. The van der Waals surface area contributed by atoms with Crippen LogP contribution in [0.4, 0.5) is 4.39 Å². The number of carbonyl (C=O) groups excluding carboxylic acids is 4. The molecule has 2 atom stereocenters. The van der Waals surface area contributed by atoms with Crippen LogP contribution in [-0.4, -0.2) is 64.2 Å². The summed E-state index contributed by atoms with van der Waals surface area (Å²) in [7, 11) is -2.35. The maximum absolute atomic E-state index is 15.2. The van der Waals surface area contributed by atoms with Gasteiger partial charge in [-0.15, -0.1) is 10.8 Å². The third kappa shape index (κ3) is 10.3. The number of rotatable bonds is 16. The molecule has 0 aliphatic carbocycles. The quantitative estimate of drug-likeness (QED) is 0.0853. The van der Waals surface area contributed by atoms with Crippen molar-refractivity contribution in [3.05, 3.63) is 93.8 Å². The molecule has 3 aromatic rings. The Labute approximate surface area is 289 Å². The van der Waals surface area contributed by atoms with Crippen LogP contribution in [0.15, 0.2) is 60.7 Å². The van der Waals surface area contributed by atoms with E-state index in [1.165, 1.54) is 25.3 Å². The molecule has 0 aromatic heterocycles. The van der Waals surface area contributed by atoms with Crippen molar-refractivity contribution in [2.45, 2.75) is 56.2 Å². The normalized spacial score (nSPS) is 16.3. The minimum absolute atomic E-state index is 0.0403. The zero-order valence-corrected chi connectivity index (χ0v) is 28.3. The topological polar surface area (TPSA) is 184 Å². The molecule has 49 heavy (non-hydrogen) atoms. The van der Waals surface area contributed by atoms with Gasteiger partial charge in [0.2, 0.25) is 17.7 Å². The van der Waals surface area contributed by atoms with Crippen molar-refractivity contribution in [3.8, 4) is 11.5 Å². The number of hydrogen-bond acceptors (Lipinski definition) is 9. The molecule has 1 unspecified atom stereocenters. The monoisotopic (exact) mass is 719 g/mol. The summed E-state index contributed by atoms with van der Waals surface area (Å²) >= 11 is 6.22. The van der Waals surface area contributed by atoms with Crippen molar-refractivity contribution in [1.29, 1.82) is 0 Å². The van der Waals surface area contributed by atoms with Crippen LogP contribution in [-0.2, 0) is 32.0 Å². The number of hydrogen-bond donors (Lipinski definition) is 6. The Morgan fingerprint density at radius 3 is 2.55 bits per heavy atom. The molecule has 264 valence electrons. The Hall–Kier alpha value is -4.37. The lowest BCUT2D eigenvalue weighted by Crippen LogP contribution is -2.48. The molecule has 6 N–H and O–H groups in total. The smallest absolute Gasteiger partial charge is 0.345 e. The summed E-state index contributed by atoms with van der Waals surface area (Å²) in [6.07, 6.45) is 1.85. The van der Waals surface area contributed by atoms with Crippen LogP contribution in [0.5, 0.6) is 11.5 Å². The van der Waals surface area contributed by atoms with E-state index in [-0.39, 0.29) is 55.0 Å². The molecule has 1 saturated heterocycles. The highest BCUT2D eigenvalue weighted by Gasteiger charge is 2.39. The molecule has 1 heterocycles. The summed E-state index contributed by atoms with van der Waals surface area (Å²) in [4.78, 5) is 49.9. The first-order valence-corrected chi connectivity index (χ1v) is 17.6. The van der Waals surface area contributed by atoms with Gasteiger partial charge in [0.15, 0.2) is 0 Å². The zero-order valence-electron chi connectivity index (χ0n) is 26.7. The Balaban J connectivity index is 1.34. The fourth-order valence-corrected chi connectivity index (χ4v) is 7.06. The fourth-order valence-electron chi connectivity index (χ4n) is 5.34. The molecule has 3 aromatic carbocycles. The van der Waals surface area contributed by atoms with Crippen molar-refractivity contribution in [3.63, 3.8) is 0 Å². The van der Waals surface area contributed by atoms with E-state index in [1.54, 1.807) is 30.3 Å². The molecule has 0 saturated carbocycles. The number of aryl methyl sites for hydroxylation is 1. The van der Waals surface area contributed by atoms with Crippen LogP contribution in [0.1, 0.15) is 64.4 Å². The van der Waals surface area contributed by atoms with Gasteiger partial charge >= 0.3 is 5.97 Å². The van der Waals surface area contributed by atoms with Gasteiger partial charge in [-0.1, -0.05) is 48.0 Å². The molecule has 4 rings (SSSR count). The lowest BCUT2D eigenvalue weighted by molar-refractivity contribution is -0.129. The van der Waals surface area contributed by atoms with Gasteiger partial charge in [-0.25, -0.2) is 9.18 Å². The van der Waals surface area contributed by atoms with Crippen molar-refractivity contribution >= 4 is 46.1 Å². The number of nitrogens with one attached hydrogen (secondary N) is 3. The molecule has 1 aliphatic rings. The number of carbonyl (C=O) groups is 4. The van der Waals surface area contributed by atoms with E-state index in [0.29, 0.717) is 36.3 Å². The van der Waals surface area contributed by atoms with E-state index >= 15 is 4.39 Å². The summed E-state index contributed by atoms with van der Waals surface area (Å²) < 4.78 is 48.0. The minimum Gasteiger partial charge on any atom is -0.507 e. The van der Waals surface area contributed by atoms with Gasteiger partial charge in [0.1, 0.15) is 34.2 Å². The SMILES string of the molecule is COC(=O)c1c(O)cccc1OCCCCCNC(=O)[C@H](Cc1ccc(C2CC(=O)NS2(O)O)c(F)c1)NC(=O)CCc1ccccc1Cl. The molecule has 3 amide bonds. The lowest BCUT2D eigenvalue weighted by Gasteiger charge is -2.33. The van der Waals surface area contributed by atoms with E-state index < -0.39 is 51.6 Å². The fraction of sp³-hybridized carbons (Fsp3) is 0.353. The first-order valence-electron chi connectivity index (χ1n) is 15.6. The number of unbranched alkanes of at least 4 members (excludes halogenated alkanes) is 2. The van der Waals surface area contributed by atoms with Crippen molar-refractivity contribution < 1.29 is 47.3 Å². The number of phenols is 1. The molecule has 1 aliphatic heterocycles. The maximum Gasteiger partial charge on any atom is 0.345 e. The number of benzene rings is 3. The second-order valence-electron chi connectivity index (χ2n) is 11.4. The standard InChI is InChI=1S/C34H39ClFN3O9S/c1-47-34(44)32-27(40)10-7-11-28(32)48-17-6-2-5-16-37-33(43)26(38-30(41)15-13-22-8-3-4-9-24(22)35)19-21-12-14-23(25(36)18-21)29-20-31(42)39-49(29,45)46/h3-4,7-12,14,18,26,29,40,45-46H,2,5-6,13,15-17,19-20H2,1H3,(H,37,43)(H,38,41)(H,39,42)/t26-,29?/m0/s1. The second-order valence-corrected chi connectivity index (χ2v) is 13.8. The molecular formula is C34H39ClFN3O9S. The average Bonchev–Trinajstić information content (AvgIpc) is 3.34. The first-order chi connectivity index (χ1) is 23.4. The predicted octanol–water partition coefficient (Wildman–Crippen LogP) is 5.22. The van der Waals surface area contributed by atoms with Crippen LogP contribution in [0.2, 0.25) is 5.02 Å². The van der Waals surface area contributed by atoms with E-state index in [2.05, 4.69) is 15.4 Å². The van der Waals surface area contributed by atoms with Gasteiger partial charge in [-0.05, 0) is 61.1 Å².